The first kappa shape index (κ1) is 23.7. The number of methoxy groups -OCH3 is 2. The Kier molecular flexibility index (Phi) is 7.62. The number of nitrogens with one attached hydrogen (secondary N) is 1. The summed E-state index contributed by atoms with van der Waals surface area (Å²) >= 11 is 0. The van der Waals surface area contributed by atoms with Crippen molar-refractivity contribution in [2.75, 3.05) is 32.2 Å². The average Bonchev–Trinajstić information content (AvgIpc) is 2.82. The summed E-state index contributed by atoms with van der Waals surface area (Å²) in [6.07, 6.45) is 0. The zero-order valence-corrected chi connectivity index (χ0v) is 18.8. The maximum Gasteiger partial charge on any atom is 0.339 e. The number of ether oxygens (including phenoxy) is 4. The van der Waals surface area contributed by atoms with Gasteiger partial charge >= 0.3 is 5.97 Å². The Labute approximate surface area is 191 Å². The molecule has 3 aromatic carbocycles. The zero-order valence-electron chi connectivity index (χ0n) is 18.0. The van der Waals surface area contributed by atoms with E-state index < -0.39 is 16.0 Å². The van der Waals surface area contributed by atoms with E-state index in [1.54, 1.807) is 42.5 Å². The summed E-state index contributed by atoms with van der Waals surface area (Å²) in [5.41, 5.74) is 0.424. The summed E-state index contributed by atoms with van der Waals surface area (Å²) in [4.78, 5) is 11.2. The second kappa shape index (κ2) is 10.6. The van der Waals surface area contributed by atoms with Crippen LogP contribution in [0.15, 0.2) is 71.6 Å². The summed E-state index contributed by atoms with van der Waals surface area (Å²) in [5.74, 6) is 0.413. The molecule has 3 rings (SSSR count). The molecule has 0 radical (unpaired) electrons. The molecule has 0 aromatic heterocycles. The predicted octanol–water partition coefficient (Wildman–Crippen LogP) is 3.66. The Hall–Kier alpha value is -3.92. The summed E-state index contributed by atoms with van der Waals surface area (Å²) in [7, 11) is -0.947. The van der Waals surface area contributed by atoms with Crippen LogP contribution in [0.1, 0.15) is 10.4 Å². The fourth-order valence-corrected chi connectivity index (χ4v) is 3.97. The number of hydrogen-bond acceptors (Lipinski definition) is 7. The number of carbonyl (C=O) groups is 1. The SMILES string of the molecule is COc1ccc(S(=O)(=O)Nc2ccc(OCCOc3ccccc3C(=O)O)cc2)cc1OC. The molecule has 0 fully saturated rings. The molecule has 3 aromatic rings. The number of anilines is 1. The molecule has 2 N–H and O–H groups in total. The molecule has 9 nitrogen and oxygen atoms in total. The van der Waals surface area contributed by atoms with Gasteiger partial charge in [0.2, 0.25) is 0 Å². The van der Waals surface area contributed by atoms with Crippen LogP contribution in [-0.2, 0) is 10.0 Å². The van der Waals surface area contributed by atoms with Crippen LogP contribution in [0.5, 0.6) is 23.0 Å². The van der Waals surface area contributed by atoms with Crippen molar-refractivity contribution in [3.05, 3.63) is 72.3 Å². The first-order chi connectivity index (χ1) is 15.8. The quantitative estimate of drug-likeness (QED) is 0.405. The van der Waals surface area contributed by atoms with Crippen molar-refractivity contribution in [3.8, 4) is 23.0 Å². The molecule has 0 saturated heterocycles. The van der Waals surface area contributed by atoms with E-state index in [0.29, 0.717) is 22.9 Å². The van der Waals surface area contributed by atoms with Crippen LogP contribution in [0.3, 0.4) is 0 Å². The fourth-order valence-electron chi connectivity index (χ4n) is 2.90. The van der Waals surface area contributed by atoms with Crippen LogP contribution in [-0.4, -0.2) is 46.9 Å². The fraction of sp³-hybridized carbons (Fsp3) is 0.174. The van der Waals surface area contributed by atoms with Crippen LogP contribution in [0.4, 0.5) is 5.69 Å². The maximum absolute atomic E-state index is 12.7. The van der Waals surface area contributed by atoms with Gasteiger partial charge in [0.05, 0.1) is 19.1 Å². The van der Waals surface area contributed by atoms with Crippen molar-refractivity contribution in [2.45, 2.75) is 4.90 Å². The van der Waals surface area contributed by atoms with E-state index in [4.69, 9.17) is 24.1 Å². The highest BCUT2D eigenvalue weighted by molar-refractivity contribution is 7.92. The molecule has 0 spiro atoms. The molecule has 10 heteroatoms. The number of aromatic carboxylic acids is 1. The lowest BCUT2D eigenvalue weighted by Crippen LogP contribution is -2.13. The van der Waals surface area contributed by atoms with Crippen molar-refractivity contribution in [2.24, 2.45) is 0 Å². The highest BCUT2D eigenvalue weighted by atomic mass is 32.2. The summed E-state index contributed by atoms with van der Waals surface area (Å²) in [6.45, 7) is 0.308. The lowest BCUT2D eigenvalue weighted by molar-refractivity contribution is 0.0691. The van der Waals surface area contributed by atoms with Gasteiger partial charge in [0, 0.05) is 11.8 Å². The van der Waals surface area contributed by atoms with Crippen molar-refractivity contribution in [3.63, 3.8) is 0 Å². The highest BCUT2D eigenvalue weighted by Gasteiger charge is 2.17. The Bertz CT molecular complexity index is 1210. The van der Waals surface area contributed by atoms with Gasteiger partial charge in [-0.3, -0.25) is 4.72 Å². The summed E-state index contributed by atoms with van der Waals surface area (Å²) in [6, 6.07) is 17.0. The number of carboxylic acids is 1. The minimum atomic E-state index is -3.84. The van der Waals surface area contributed by atoms with Crippen molar-refractivity contribution >= 4 is 21.7 Å². The van der Waals surface area contributed by atoms with E-state index in [2.05, 4.69) is 4.72 Å². The first-order valence-electron chi connectivity index (χ1n) is 9.77. The number of sulfonamides is 1. The van der Waals surface area contributed by atoms with Gasteiger partial charge in [-0.15, -0.1) is 0 Å². The van der Waals surface area contributed by atoms with Crippen LogP contribution in [0, 0.1) is 0 Å². The number of hydrogen-bond donors (Lipinski definition) is 2. The summed E-state index contributed by atoms with van der Waals surface area (Å²) < 4.78 is 49.2. The van der Waals surface area contributed by atoms with Gasteiger partial charge < -0.3 is 24.1 Å². The molecule has 0 saturated carbocycles. The van der Waals surface area contributed by atoms with E-state index in [0.717, 1.165) is 0 Å². The van der Waals surface area contributed by atoms with E-state index in [-0.39, 0.29) is 29.4 Å². The molecule has 0 aliphatic rings. The highest BCUT2D eigenvalue weighted by Crippen LogP contribution is 2.30. The van der Waals surface area contributed by atoms with E-state index in [9.17, 15) is 13.2 Å². The second-order valence-corrected chi connectivity index (χ2v) is 8.33. The number of benzene rings is 3. The van der Waals surface area contributed by atoms with E-state index in [1.165, 1.54) is 38.5 Å². The number of para-hydroxylation sites is 1. The molecule has 0 aliphatic carbocycles. The van der Waals surface area contributed by atoms with Gasteiger partial charge in [-0.05, 0) is 48.5 Å². The molecule has 0 bridgehead atoms. The molecule has 0 heterocycles. The van der Waals surface area contributed by atoms with Crippen molar-refractivity contribution in [1.29, 1.82) is 0 Å². The molecule has 0 unspecified atom stereocenters. The maximum atomic E-state index is 12.7. The van der Waals surface area contributed by atoms with Gasteiger partial charge in [0.15, 0.2) is 11.5 Å². The standard InChI is InChI=1S/C23H23NO8S/c1-29-21-12-11-18(15-22(21)30-2)33(27,28)24-16-7-9-17(10-8-16)31-13-14-32-20-6-4-3-5-19(20)23(25)26/h3-12,15,24H,13-14H2,1-2H3,(H,25,26). The van der Waals surface area contributed by atoms with Crippen molar-refractivity contribution in [1.82, 2.24) is 0 Å². The predicted molar refractivity (Wildman–Crippen MR) is 121 cm³/mol. The lowest BCUT2D eigenvalue weighted by atomic mass is 10.2. The number of rotatable bonds is 11. The third-order valence-electron chi connectivity index (χ3n) is 4.50. The van der Waals surface area contributed by atoms with Crippen LogP contribution >= 0.6 is 0 Å². The zero-order chi connectivity index (χ0) is 23.8. The normalized spacial score (nSPS) is 10.8. The Morgan fingerprint density at radius 1 is 0.848 bits per heavy atom. The third-order valence-corrected chi connectivity index (χ3v) is 5.88. The average molecular weight is 474 g/mol. The Morgan fingerprint density at radius 3 is 2.18 bits per heavy atom. The topological polar surface area (TPSA) is 120 Å². The van der Waals surface area contributed by atoms with Crippen LogP contribution in [0.2, 0.25) is 0 Å². The molecule has 0 atom stereocenters. The van der Waals surface area contributed by atoms with Crippen LogP contribution in [0.25, 0.3) is 0 Å². The van der Waals surface area contributed by atoms with Crippen molar-refractivity contribution < 1.29 is 37.3 Å². The third kappa shape index (κ3) is 6.07. The first-order valence-corrected chi connectivity index (χ1v) is 11.2. The van der Waals surface area contributed by atoms with Gasteiger partial charge in [-0.25, -0.2) is 13.2 Å². The van der Waals surface area contributed by atoms with Gasteiger partial charge in [0.1, 0.15) is 30.3 Å². The largest absolute Gasteiger partial charge is 0.493 e. The smallest absolute Gasteiger partial charge is 0.339 e. The molecular formula is C23H23NO8S. The summed E-state index contributed by atoms with van der Waals surface area (Å²) in [5, 5.41) is 9.16. The van der Waals surface area contributed by atoms with Gasteiger partial charge in [-0.1, -0.05) is 12.1 Å². The van der Waals surface area contributed by atoms with Gasteiger partial charge in [0.25, 0.3) is 10.0 Å². The Morgan fingerprint density at radius 2 is 1.52 bits per heavy atom. The second-order valence-electron chi connectivity index (χ2n) is 6.64. The van der Waals surface area contributed by atoms with Crippen LogP contribution < -0.4 is 23.7 Å². The minimum Gasteiger partial charge on any atom is -0.493 e. The Balaban J connectivity index is 1.56. The van der Waals surface area contributed by atoms with E-state index >= 15 is 0 Å². The van der Waals surface area contributed by atoms with Gasteiger partial charge in [-0.2, -0.15) is 0 Å². The molecule has 33 heavy (non-hydrogen) atoms. The monoisotopic (exact) mass is 473 g/mol. The molecule has 0 amide bonds. The molecule has 0 aliphatic heterocycles. The number of carboxylic acid groups (broad SMARTS) is 1. The van der Waals surface area contributed by atoms with E-state index in [1.807, 2.05) is 0 Å². The molecular weight excluding hydrogens is 450 g/mol. The molecule has 174 valence electrons. The minimum absolute atomic E-state index is 0.0271. The lowest BCUT2D eigenvalue weighted by Gasteiger charge is -2.12.